The summed E-state index contributed by atoms with van der Waals surface area (Å²) in [6, 6.07) is 2.48. The van der Waals surface area contributed by atoms with Gasteiger partial charge in [0.15, 0.2) is 0 Å². The maximum atomic E-state index is 8.86. The van der Waals surface area contributed by atoms with Crippen molar-refractivity contribution in [3.8, 4) is 0 Å². The molecule has 0 aliphatic rings. The normalized spacial score (nSPS) is 13.7. The largest absolute Gasteiger partial charge is 0.396 e. The Kier molecular flexibility index (Phi) is 3.72. The fraction of sp³-hybridized carbons (Fsp3) is 0.556. The highest BCUT2D eigenvalue weighted by Gasteiger charge is 2.12. The van der Waals surface area contributed by atoms with Gasteiger partial charge in [0, 0.05) is 12.6 Å². The van der Waals surface area contributed by atoms with Gasteiger partial charge in [-0.3, -0.25) is 0 Å². The number of rotatable bonds is 4. The van der Waals surface area contributed by atoms with Crippen LogP contribution in [0.15, 0.2) is 16.8 Å². The first kappa shape index (κ1) is 9.71. The number of nitrogens with zero attached hydrogens (tertiary/aromatic N) is 1. The lowest BCUT2D eigenvalue weighted by atomic mass is 10.1. The molecule has 68 valence electrons. The quantitative estimate of drug-likeness (QED) is 0.772. The van der Waals surface area contributed by atoms with E-state index >= 15 is 0 Å². The molecule has 3 heteroatoms. The van der Waals surface area contributed by atoms with Crippen molar-refractivity contribution in [3.05, 3.63) is 22.4 Å². The summed E-state index contributed by atoms with van der Waals surface area (Å²) in [5.41, 5.74) is 1.30. The maximum Gasteiger partial charge on any atom is 0.0449 e. The molecule has 0 saturated heterocycles. The monoisotopic (exact) mass is 185 g/mol. The van der Waals surface area contributed by atoms with Gasteiger partial charge in [-0.05, 0) is 42.9 Å². The topological polar surface area (TPSA) is 23.5 Å². The Labute approximate surface area is 77.5 Å². The first-order valence-corrected chi connectivity index (χ1v) is 4.99. The Bertz CT molecular complexity index is 208. The fourth-order valence-electron chi connectivity index (χ4n) is 1.31. The van der Waals surface area contributed by atoms with Crippen molar-refractivity contribution in [1.82, 2.24) is 4.90 Å². The summed E-state index contributed by atoms with van der Waals surface area (Å²) in [5, 5.41) is 13.1. The van der Waals surface area contributed by atoms with Gasteiger partial charge in [-0.15, -0.1) is 0 Å². The maximum absolute atomic E-state index is 8.86. The standard InChI is InChI=1S/C9H15NOS/c1-10(2)9(3-5-11)8-4-6-12-7-8/h4,6-7,9,11H,3,5H2,1-2H3. The Hall–Kier alpha value is -0.380. The van der Waals surface area contributed by atoms with Crippen LogP contribution in [0.3, 0.4) is 0 Å². The summed E-state index contributed by atoms with van der Waals surface area (Å²) in [4.78, 5) is 2.14. The molecule has 0 radical (unpaired) electrons. The highest BCUT2D eigenvalue weighted by atomic mass is 32.1. The SMILES string of the molecule is CN(C)C(CCO)c1ccsc1. The minimum atomic E-state index is 0.249. The first-order chi connectivity index (χ1) is 5.75. The smallest absolute Gasteiger partial charge is 0.0449 e. The number of aliphatic hydroxyl groups is 1. The molecule has 0 saturated carbocycles. The summed E-state index contributed by atoms with van der Waals surface area (Å²) >= 11 is 1.70. The van der Waals surface area contributed by atoms with Crippen LogP contribution in [-0.4, -0.2) is 30.7 Å². The Morgan fingerprint density at radius 3 is 2.75 bits per heavy atom. The van der Waals surface area contributed by atoms with Gasteiger partial charge >= 0.3 is 0 Å². The molecule has 1 rings (SSSR count). The van der Waals surface area contributed by atoms with Gasteiger partial charge < -0.3 is 10.0 Å². The van der Waals surface area contributed by atoms with Crippen molar-refractivity contribution in [2.24, 2.45) is 0 Å². The van der Waals surface area contributed by atoms with Crippen LogP contribution in [0, 0.1) is 0 Å². The second-order valence-electron chi connectivity index (χ2n) is 3.05. The lowest BCUT2D eigenvalue weighted by Crippen LogP contribution is -2.20. The van der Waals surface area contributed by atoms with Crippen molar-refractivity contribution in [1.29, 1.82) is 0 Å². The predicted molar refractivity (Wildman–Crippen MR) is 52.4 cm³/mol. The van der Waals surface area contributed by atoms with Crippen LogP contribution in [0.4, 0.5) is 0 Å². The highest BCUT2D eigenvalue weighted by Crippen LogP contribution is 2.23. The van der Waals surface area contributed by atoms with Crippen molar-refractivity contribution < 1.29 is 5.11 Å². The van der Waals surface area contributed by atoms with E-state index in [1.807, 2.05) is 14.1 Å². The molecule has 0 bridgehead atoms. The molecule has 0 fully saturated rings. The third-order valence-electron chi connectivity index (χ3n) is 1.95. The summed E-state index contributed by atoms with van der Waals surface area (Å²) in [5.74, 6) is 0. The predicted octanol–water partition coefficient (Wildman–Crippen LogP) is 1.73. The van der Waals surface area contributed by atoms with Crippen molar-refractivity contribution in [2.75, 3.05) is 20.7 Å². The van der Waals surface area contributed by atoms with Crippen LogP contribution in [0.5, 0.6) is 0 Å². The van der Waals surface area contributed by atoms with Gasteiger partial charge in [-0.2, -0.15) is 11.3 Å². The summed E-state index contributed by atoms with van der Waals surface area (Å²) in [7, 11) is 4.08. The average Bonchev–Trinajstić information content (AvgIpc) is 2.51. The van der Waals surface area contributed by atoms with Gasteiger partial charge in [0.2, 0.25) is 0 Å². The van der Waals surface area contributed by atoms with Crippen LogP contribution in [0.2, 0.25) is 0 Å². The minimum Gasteiger partial charge on any atom is -0.396 e. The molecule has 0 aromatic carbocycles. The van der Waals surface area contributed by atoms with Gasteiger partial charge in [0.05, 0.1) is 0 Å². The number of aliphatic hydroxyl groups excluding tert-OH is 1. The van der Waals surface area contributed by atoms with Gasteiger partial charge in [-0.25, -0.2) is 0 Å². The van der Waals surface area contributed by atoms with Gasteiger partial charge in [-0.1, -0.05) is 0 Å². The first-order valence-electron chi connectivity index (χ1n) is 4.05. The zero-order valence-corrected chi connectivity index (χ0v) is 8.34. The zero-order valence-electron chi connectivity index (χ0n) is 7.53. The lowest BCUT2D eigenvalue weighted by molar-refractivity contribution is 0.211. The summed E-state index contributed by atoms with van der Waals surface area (Å²) in [6.07, 6.45) is 0.809. The van der Waals surface area contributed by atoms with Crippen molar-refractivity contribution >= 4 is 11.3 Å². The van der Waals surface area contributed by atoms with Crippen LogP contribution in [0.25, 0.3) is 0 Å². The van der Waals surface area contributed by atoms with Gasteiger partial charge in [0.25, 0.3) is 0 Å². The molecule has 0 amide bonds. The molecule has 1 heterocycles. The Balaban J connectivity index is 2.66. The third-order valence-corrected chi connectivity index (χ3v) is 2.66. The van der Waals surface area contributed by atoms with Crippen LogP contribution in [0.1, 0.15) is 18.0 Å². The molecule has 12 heavy (non-hydrogen) atoms. The second-order valence-corrected chi connectivity index (χ2v) is 3.83. The van der Waals surface area contributed by atoms with Crippen LogP contribution >= 0.6 is 11.3 Å². The van der Waals surface area contributed by atoms with E-state index in [-0.39, 0.29) is 6.61 Å². The fourth-order valence-corrected chi connectivity index (χ4v) is 2.02. The number of hydrogen-bond donors (Lipinski definition) is 1. The molecule has 1 atom stereocenters. The summed E-state index contributed by atoms with van der Waals surface area (Å²) in [6.45, 7) is 0.249. The molecule has 2 nitrogen and oxygen atoms in total. The van der Waals surface area contributed by atoms with E-state index in [0.717, 1.165) is 6.42 Å². The van der Waals surface area contributed by atoms with Gasteiger partial charge in [0.1, 0.15) is 0 Å². The molecular formula is C9H15NOS. The zero-order chi connectivity index (χ0) is 8.97. The van der Waals surface area contributed by atoms with E-state index < -0.39 is 0 Å². The number of thiophene rings is 1. The van der Waals surface area contributed by atoms with Crippen LogP contribution < -0.4 is 0 Å². The van der Waals surface area contributed by atoms with E-state index in [2.05, 4.69) is 21.7 Å². The van der Waals surface area contributed by atoms with E-state index in [1.54, 1.807) is 11.3 Å². The second kappa shape index (κ2) is 4.60. The highest BCUT2D eigenvalue weighted by molar-refractivity contribution is 7.07. The lowest BCUT2D eigenvalue weighted by Gasteiger charge is -2.22. The van der Waals surface area contributed by atoms with Crippen LogP contribution in [-0.2, 0) is 0 Å². The van der Waals surface area contributed by atoms with E-state index in [0.29, 0.717) is 6.04 Å². The summed E-state index contributed by atoms with van der Waals surface area (Å²) < 4.78 is 0. The van der Waals surface area contributed by atoms with E-state index in [9.17, 15) is 0 Å². The molecule has 1 N–H and O–H groups in total. The Morgan fingerprint density at radius 2 is 2.33 bits per heavy atom. The Morgan fingerprint density at radius 1 is 1.58 bits per heavy atom. The molecule has 0 aliphatic heterocycles. The minimum absolute atomic E-state index is 0.249. The molecular weight excluding hydrogens is 170 g/mol. The molecule has 1 aromatic heterocycles. The van der Waals surface area contributed by atoms with Crippen molar-refractivity contribution in [2.45, 2.75) is 12.5 Å². The molecule has 1 aromatic rings. The molecule has 1 unspecified atom stereocenters. The third kappa shape index (κ3) is 2.30. The molecule has 0 spiro atoms. The van der Waals surface area contributed by atoms with Crippen molar-refractivity contribution in [3.63, 3.8) is 0 Å². The van der Waals surface area contributed by atoms with E-state index in [4.69, 9.17) is 5.11 Å². The molecule has 0 aliphatic carbocycles. The van der Waals surface area contributed by atoms with E-state index in [1.165, 1.54) is 5.56 Å². The number of hydrogen-bond acceptors (Lipinski definition) is 3. The average molecular weight is 185 g/mol.